The topological polar surface area (TPSA) is 51.2 Å². The van der Waals surface area contributed by atoms with Gasteiger partial charge in [0.15, 0.2) is 0 Å². The fourth-order valence-electron chi connectivity index (χ4n) is 2.95. The van der Waals surface area contributed by atoms with E-state index in [0.29, 0.717) is 11.3 Å². The maximum atomic E-state index is 12.7. The fraction of sp³-hybridized carbons (Fsp3) is 0.182. The number of carbonyl (C=O) groups is 1. The zero-order valence-corrected chi connectivity index (χ0v) is 15.2. The van der Waals surface area contributed by atoms with E-state index in [1.807, 2.05) is 80.6 Å². The molecule has 0 aliphatic heterocycles. The van der Waals surface area contributed by atoms with E-state index in [9.17, 15) is 4.79 Å². The minimum absolute atomic E-state index is 0.145. The van der Waals surface area contributed by atoms with Crippen LogP contribution < -0.4 is 10.1 Å². The predicted octanol–water partition coefficient (Wildman–Crippen LogP) is 4.56. The minimum Gasteiger partial charge on any atom is -0.496 e. The number of nitrogens with zero attached hydrogens (tertiary/aromatic N) is 1. The maximum absolute atomic E-state index is 12.7. The average molecular weight is 346 g/mol. The second kappa shape index (κ2) is 7.83. The van der Waals surface area contributed by atoms with Gasteiger partial charge in [-0.05, 0) is 32.0 Å². The number of nitrogens with one attached hydrogen (secondary N) is 1. The van der Waals surface area contributed by atoms with Gasteiger partial charge in [-0.25, -0.2) is 0 Å². The van der Waals surface area contributed by atoms with Gasteiger partial charge in [-0.1, -0.05) is 48.5 Å². The first-order chi connectivity index (χ1) is 12.6. The van der Waals surface area contributed by atoms with Crippen molar-refractivity contribution in [1.29, 1.82) is 0 Å². The Morgan fingerprint density at radius 2 is 1.69 bits per heavy atom. The molecule has 1 N–H and O–H groups in total. The number of pyridine rings is 1. The average Bonchev–Trinajstić information content (AvgIpc) is 2.68. The molecule has 1 heterocycles. The Morgan fingerprint density at radius 1 is 1.00 bits per heavy atom. The Hall–Kier alpha value is -3.14. The molecule has 1 atom stereocenters. The highest BCUT2D eigenvalue weighted by Crippen LogP contribution is 2.25. The Kier molecular flexibility index (Phi) is 5.32. The molecule has 0 unspecified atom stereocenters. The molecule has 0 saturated heterocycles. The zero-order valence-electron chi connectivity index (χ0n) is 15.2. The normalized spacial score (nSPS) is 11.7. The highest BCUT2D eigenvalue weighted by Gasteiger charge is 2.17. The molecule has 3 rings (SSSR count). The van der Waals surface area contributed by atoms with Crippen molar-refractivity contribution in [3.05, 3.63) is 83.6 Å². The van der Waals surface area contributed by atoms with Gasteiger partial charge in [0.1, 0.15) is 5.75 Å². The number of para-hydroxylation sites is 1. The summed E-state index contributed by atoms with van der Waals surface area (Å²) < 4.78 is 5.38. The number of rotatable bonds is 5. The van der Waals surface area contributed by atoms with Gasteiger partial charge in [0, 0.05) is 11.1 Å². The van der Waals surface area contributed by atoms with Crippen molar-refractivity contribution in [3.8, 4) is 17.0 Å². The number of aromatic nitrogens is 1. The minimum atomic E-state index is -0.174. The summed E-state index contributed by atoms with van der Waals surface area (Å²) in [5.74, 6) is 0.614. The summed E-state index contributed by atoms with van der Waals surface area (Å²) in [5.41, 5.74) is 4.11. The summed E-state index contributed by atoms with van der Waals surface area (Å²) in [6, 6.07) is 21.1. The van der Waals surface area contributed by atoms with Crippen LogP contribution in [0.2, 0.25) is 0 Å². The van der Waals surface area contributed by atoms with Gasteiger partial charge in [0.2, 0.25) is 0 Å². The van der Waals surface area contributed by atoms with Crippen LogP contribution in [0.1, 0.15) is 34.6 Å². The third-order valence-electron chi connectivity index (χ3n) is 4.35. The number of hydrogen-bond donors (Lipinski definition) is 1. The molecule has 1 aromatic heterocycles. The third kappa shape index (κ3) is 3.75. The Labute approximate surface area is 153 Å². The van der Waals surface area contributed by atoms with Gasteiger partial charge >= 0.3 is 0 Å². The lowest BCUT2D eigenvalue weighted by Gasteiger charge is -2.18. The van der Waals surface area contributed by atoms with Crippen LogP contribution in [0, 0.1) is 6.92 Å². The van der Waals surface area contributed by atoms with Gasteiger partial charge in [0.25, 0.3) is 5.91 Å². The van der Waals surface area contributed by atoms with Gasteiger partial charge in [-0.15, -0.1) is 0 Å². The highest BCUT2D eigenvalue weighted by atomic mass is 16.5. The maximum Gasteiger partial charge on any atom is 0.253 e. The lowest BCUT2D eigenvalue weighted by atomic mass is 10.1. The summed E-state index contributed by atoms with van der Waals surface area (Å²) in [5, 5.41) is 3.03. The predicted molar refractivity (Wildman–Crippen MR) is 103 cm³/mol. The summed E-state index contributed by atoms with van der Waals surface area (Å²) in [6.45, 7) is 3.80. The van der Waals surface area contributed by atoms with Crippen molar-refractivity contribution in [2.75, 3.05) is 7.11 Å². The lowest BCUT2D eigenvalue weighted by molar-refractivity contribution is 0.0938. The zero-order chi connectivity index (χ0) is 18.5. The summed E-state index contributed by atoms with van der Waals surface area (Å²) in [6.07, 6.45) is 0. The molecule has 0 bridgehead atoms. The molecule has 4 nitrogen and oxygen atoms in total. The van der Waals surface area contributed by atoms with E-state index in [1.165, 1.54) is 0 Å². The van der Waals surface area contributed by atoms with Crippen LogP contribution >= 0.6 is 0 Å². The molecular formula is C22H22N2O2. The number of aryl methyl sites for hydroxylation is 1. The largest absolute Gasteiger partial charge is 0.496 e. The lowest BCUT2D eigenvalue weighted by Crippen LogP contribution is -2.27. The molecule has 1 amide bonds. The SMILES string of the molecule is COc1ccccc1[C@H](C)NC(=O)c1ccc(-c2ccccc2)nc1C. The van der Waals surface area contributed by atoms with Crippen molar-refractivity contribution in [2.24, 2.45) is 0 Å². The molecule has 0 aliphatic carbocycles. The Morgan fingerprint density at radius 3 is 2.38 bits per heavy atom. The second-order valence-corrected chi connectivity index (χ2v) is 6.13. The molecule has 26 heavy (non-hydrogen) atoms. The molecule has 0 spiro atoms. The van der Waals surface area contributed by atoms with Crippen molar-refractivity contribution >= 4 is 5.91 Å². The van der Waals surface area contributed by atoms with Crippen LogP contribution in [0.15, 0.2) is 66.7 Å². The molecule has 3 aromatic rings. The van der Waals surface area contributed by atoms with Gasteiger partial charge in [-0.3, -0.25) is 9.78 Å². The first-order valence-electron chi connectivity index (χ1n) is 8.57. The van der Waals surface area contributed by atoms with Crippen LogP contribution in [0.4, 0.5) is 0 Å². The molecule has 0 radical (unpaired) electrons. The van der Waals surface area contributed by atoms with Crippen LogP contribution in [0.5, 0.6) is 5.75 Å². The number of benzene rings is 2. The molecule has 4 heteroatoms. The van der Waals surface area contributed by atoms with Crippen LogP contribution in [0.3, 0.4) is 0 Å². The first kappa shape index (κ1) is 17.7. The van der Waals surface area contributed by atoms with Crippen LogP contribution in [-0.2, 0) is 0 Å². The monoisotopic (exact) mass is 346 g/mol. The number of methoxy groups -OCH3 is 1. The third-order valence-corrected chi connectivity index (χ3v) is 4.35. The first-order valence-corrected chi connectivity index (χ1v) is 8.57. The van der Waals surface area contributed by atoms with E-state index in [-0.39, 0.29) is 11.9 Å². The molecular weight excluding hydrogens is 324 g/mol. The smallest absolute Gasteiger partial charge is 0.253 e. The molecule has 0 aliphatic rings. The highest BCUT2D eigenvalue weighted by molar-refractivity contribution is 5.95. The van der Waals surface area contributed by atoms with E-state index < -0.39 is 0 Å². The summed E-state index contributed by atoms with van der Waals surface area (Å²) in [7, 11) is 1.63. The second-order valence-electron chi connectivity index (χ2n) is 6.13. The van der Waals surface area contributed by atoms with Crippen LogP contribution in [-0.4, -0.2) is 18.0 Å². The summed E-state index contributed by atoms with van der Waals surface area (Å²) >= 11 is 0. The Bertz CT molecular complexity index is 907. The molecule has 132 valence electrons. The fourth-order valence-corrected chi connectivity index (χ4v) is 2.95. The number of carbonyl (C=O) groups excluding carboxylic acids is 1. The van der Waals surface area contributed by atoms with E-state index in [2.05, 4.69) is 10.3 Å². The molecule has 0 fully saturated rings. The van der Waals surface area contributed by atoms with E-state index in [0.717, 1.165) is 22.6 Å². The van der Waals surface area contributed by atoms with Crippen molar-refractivity contribution in [1.82, 2.24) is 10.3 Å². The van der Waals surface area contributed by atoms with Crippen molar-refractivity contribution in [2.45, 2.75) is 19.9 Å². The summed E-state index contributed by atoms with van der Waals surface area (Å²) in [4.78, 5) is 17.3. The Balaban J connectivity index is 1.80. The number of hydrogen-bond acceptors (Lipinski definition) is 3. The quantitative estimate of drug-likeness (QED) is 0.737. The molecule has 2 aromatic carbocycles. The number of amides is 1. The van der Waals surface area contributed by atoms with E-state index >= 15 is 0 Å². The van der Waals surface area contributed by atoms with Gasteiger partial charge < -0.3 is 10.1 Å². The van der Waals surface area contributed by atoms with Crippen LogP contribution in [0.25, 0.3) is 11.3 Å². The van der Waals surface area contributed by atoms with E-state index in [1.54, 1.807) is 7.11 Å². The molecule has 0 saturated carbocycles. The van der Waals surface area contributed by atoms with Gasteiger partial charge in [0.05, 0.1) is 30.1 Å². The van der Waals surface area contributed by atoms with Gasteiger partial charge in [-0.2, -0.15) is 0 Å². The van der Waals surface area contributed by atoms with Crippen molar-refractivity contribution in [3.63, 3.8) is 0 Å². The van der Waals surface area contributed by atoms with E-state index in [4.69, 9.17) is 4.74 Å². The van der Waals surface area contributed by atoms with Crippen molar-refractivity contribution < 1.29 is 9.53 Å². The number of ether oxygens (including phenoxy) is 1. The standard InChI is InChI=1S/C22H22N2O2/c1-15(18-11-7-8-12-21(18)26-3)24-22(25)19-13-14-20(23-16(19)2)17-9-5-4-6-10-17/h4-15H,1-3H3,(H,24,25)/t15-/m0/s1.